The Morgan fingerprint density at radius 2 is 1.96 bits per heavy atom. The van der Waals surface area contributed by atoms with E-state index >= 15 is 0 Å². The van der Waals surface area contributed by atoms with Crippen molar-refractivity contribution in [3.05, 3.63) is 12.1 Å². The Labute approximate surface area is 156 Å². The standard InChI is InChI=1S/C17H24N4O6/c1-17(2,3)27-16(24)20-11-8-26-13-7-10(19-15(23)25-5)9(18)6-12(13)21(4)14(11)22/h6-7,11H,8,18H2,1-5H3,(H,19,23)(H,20,24)/t11-/m0/s1. The van der Waals surface area contributed by atoms with Crippen molar-refractivity contribution in [1.29, 1.82) is 0 Å². The Kier molecular flexibility index (Phi) is 5.67. The molecule has 2 rings (SSSR count). The highest BCUT2D eigenvalue weighted by atomic mass is 16.6. The van der Waals surface area contributed by atoms with Crippen molar-refractivity contribution in [2.24, 2.45) is 0 Å². The molecule has 148 valence electrons. The number of hydrogen-bond acceptors (Lipinski definition) is 7. The molecule has 0 aliphatic carbocycles. The summed E-state index contributed by atoms with van der Waals surface area (Å²) in [7, 11) is 2.76. The summed E-state index contributed by atoms with van der Waals surface area (Å²) in [6.45, 7) is 5.05. The van der Waals surface area contributed by atoms with Crippen LogP contribution in [0.25, 0.3) is 0 Å². The molecule has 0 bridgehead atoms. The van der Waals surface area contributed by atoms with Gasteiger partial charge in [-0.05, 0) is 26.8 Å². The van der Waals surface area contributed by atoms with Gasteiger partial charge in [0, 0.05) is 13.1 Å². The molecular weight excluding hydrogens is 356 g/mol. The molecule has 10 heteroatoms. The fourth-order valence-electron chi connectivity index (χ4n) is 2.38. The van der Waals surface area contributed by atoms with E-state index in [9.17, 15) is 14.4 Å². The minimum atomic E-state index is -0.949. The third-order valence-corrected chi connectivity index (χ3v) is 3.64. The average Bonchev–Trinajstić information content (AvgIpc) is 2.66. The van der Waals surface area contributed by atoms with Crippen LogP contribution < -0.4 is 26.0 Å². The lowest BCUT2D eigenvalue weighted by atomic mass is 10.2. The maximum atomic E-state index is 12.7. The van der Waals surface area contributed by atoms with Crippen LogP contribution in [0.3, 0.4) is 0 Å². The van der Waals surface area contributed by atoms with E-state index in [1.165, 1.54) is 31.2 Å². The molecule has 10 nitrogen and oxygen atoms in total. The first-order chi connectivity index (χ1) is 12.5. The maximum absolute atomic E-state index is 12.7. The summed E-state index contributed by atoms with van der Waals surface area (Å²) in [6.07, 6.45) is -1.42. The van der Waals surface area contributed by atoms with E-state index in [1.54, 1.807) is 20.8 Å². The molecule has 1 aliphatic rings. The number of hydrogen-bond donors (Lipinski definition) is 3. The van der Waals surface area contributed by atoms with Crippen molar-refractivity contribution in [2.75, 3.05) is 36.7 Å². The van der Waals surface area contributed by atoms with Gasteiger partial charge in [0.15, 0.2) is 0 Å². The van der Waals surface area contributed by atoms with Gasteiger partial charge in [0.05, 0.1) is 24.2 Å². The summed E-state index contributed by atoms with van der Waals surface area (Å²) in [5.74, 6) is -0.0763. The van der Waals surface area contributed by atoms with Gasteiger partial charge < -0.3 is 30.2 Å². The number of benzene rings is 1. The summed E-state index contributed by atoms with van der Waals surface area (Å²) in [5.41, 5.74) is 6.14. The van der Waals surface area contributed by atoms with Crippen LogP contribution in [0.1, 0.15) is 20.8 Å². The van der Waals surface area contributed by atoms with Gasteiger partial charge >= 0.3 is 12.2 Å². The number of fused-ring (bicyclic) bond motifs is 1. The molecule has 0 radical (unpaired) electrons. The van der Waals surface area contributed by atoms with Gasteiger partial charge in [-0.15, -0.1) is 0 Å². The SMILES string of the molecule is COC(=O)Nc1cc2c(cc1N)N(C)C(=O)[C@@H](NC(=O)OC(C)(C)C)CO2. The second-order valence-corrected chi connectivity index (χ2v) is 6.93. The topological polar surface area (TPSA) is 132 Å². The van der Waals surface area contributed by atoms with Gasteiger partial charge in [0.1, 0.15) is 24.0 Å². The summed E-state index contributed by atoms with van der Waals surface area (Å²) in [6, 6.07) is 2.03. The van der Waals surface area contributed by atoms with Crippen LogP contribution in [-0.4, -0.2) is 50.5 Å². The van der Waals surface area contributed by atoms with Crippen LogP contribution in [0.4, 0.5) is 26.7 Å². The molecule has 0 saturated heterocycles. The normalized spacial score (nSPS) is 16.6. The number of alkyl carbamates (subject to hydrolysis) is 1. The predicted octanol–water partition coefficient (Wildman–Crippen LogP) is 1.70. The molecule has 0 spiro atoms. The molecule has 1 aromatic carbocycles. The van der Waals surface area contributed by atoms with Crippen LogP contribution in [-0.2, 0) is 14.3 Å². The average molecular weight is 380 g/mol. The number of nitrogens with zero attached hydrogens (tertiary/aromatic N) is 1. The molecule has 0 fully saturated rings. The smallest absolute Gasteiger partial charge is 0.411 e. The van der Waals surface area contributed by atoms with E-state index in [4.69, 9.17) is 15.2 Å². The first-order valence-corrected chi connectivity index (χ1v) is 8.20. The fraction of sp³-hybridized carbons (Fsp3) is 0.471. The lowest BCUT2D eigenvalue weighted by Gasteiger charge is -2.23. The Morgan fingerprint density at radius 3 is 2.56 bits per heavy atom. The van der Waals surface area contributed by atoms with Crippen LogP contribution in [0, 0.1) is 0 Å². The molecule has 4 N–H and O–H groups in total. The first kappa shape index (κ1) is 20.1. The number of likely N-dealkylation sites (N-methyl/N-ethyl adjacent to an activating group) is 1. The number of anilines is 3. The quantitative estimate of drug-likeness (QED) is 0.665. The van der Waals surface area contributed by atoms with Gasteiger partial charge in [-0.3, -0.25) is 10.1 Å². The van der Waals surface area contributed by atoms with E-state index in [2.05, 4.69) is 15.4 Å². The summed E-state index contributed by atoms with van der Waals surface area (Å²) < 4.78 is 15.4. The zero-order valence-electron chi connectivity index (χ0n) is 15.9. The molecular formula is C17H24N4O6. The molecule has 1 atom stereocenters. The van der Waals surface area contributed by atoms with Crippen molar-refractivity contribution in [3.63, 3.8) is 0 Å². The van der Waals surface area contributed by atoms with Gasteiger partial charge in [0.2, 0.25) is 0 Å². The highest BCUT2D eigenvalue weighted by Gasteiger charge is 2.32. The fourth-order valence-corrected chi connectivity index (χ4v) is 2.38. The molecule has 0 unspecified atom stereocenters. The van der Waals surface area contributed by atoms with E-state index in [0.717, 1.165) is 0 Å². The highest BCUT2D eigenvalue weighted by molar-refractivity contribution is 6.02. The third-order valence-electron chi connectivity index (χ3n) is 3.64. The number of methoxy groups -OCH3 is 1. The van der Waals surface area contributed by atoms with Gasteiger partial charge in [-0.1, -0.05) is 0 Å². The molecule has 1 heterocycles. The van der Waals surface area contributed by atoms with Crippen LogP contribution in [0.2, 0.25) is 0 Å². The van der Waals surface area contributed by atoms with E-state index in [-0.39, 0.29) is 18.0 Å². The highest BCUT2D eigenvalue weighted by Crippen LogP contribution is 2.37. The molecule has 0 aromatic heterocycles. The molecule has 3 amide bonds. The summed E-state index contributed by atoms with van der Waals surface area (Å²) in [4.78, 5) is 37.4. The van der Waals surface area contributed by atoms with Crippen LogP contribution >= 0.6 is 0 Å². The molecule has 1 aliphatic heterocycles. The molecule has 27 heavy (non-hydrogen) atoms. The van der Waals surface area contributed by atoms with Gasteiger partial charge in [0.25, 0.3) is 5.91 Å². The Hall–Kier alpha value is -3.17. The number of nitrogen functional groups attached to an aromatic ring is 1. The number of carbonyl (C=O) groups is 3. The third kappa shape index (κ3) is 4.93. The van der Waals surface area contributed by atoms with Crippen molar-refractivity contribution in [3.8, 4) is 5.75 Å². The van der Waals surface area contributed by atoms with Crippen molar-refractivity contribution in [1.82, 2.24) is 5.32 Å². The van der Waals surface area contributed by atoms with E-state index < -0.39 is 29.7 Å². The number of nitrogens with one attached hydrogen (secondary N) is 2. The molecule has 1 aromatic rings. The molecule has 0 saturated carbocycles. The number of amides is 3. The zero-order chi connectivity index (χ0) is 20.4. The lowest BCUT2D eigenvalue weighted by molar-refractivity contribution is -0.120. The zero-order valence-corrected chi connectivity index (χ0v) is 15.9. The summed E-state index contributed by atoms with van der Waals surface area (Å²) >= 11 is 0. The Bertz CT molecular complexity index is 759. The lowest BCUT2D eigenvalue weighted by Crippen LogP contribution is -2.50. The van der Waals surface area contributed by atoms with E-state index in [0.29, 0.717) is 11.4 Å². The van der Waals surface area contributed by atoms with Crippen LogP contribution in [0.15, 0.2) is 12.1 Å². The minimum Gasteiger partial charge on any atom is -0.489 e. The van der Waals surface area contributed by atoms with Crippen molar-refractivity contribution >= 4 is 35.2 Å². The Balaban J connectivity index is 2.23. The van der Waals surface area contributed by atoms with Gasteiger partial charge in [-0.2, -0.15) is 0 Å². The second kappa shape index (κ2) is 7.60. The van der Waals surface area contributed by atoms with Gasteiger partial charge in [-0.25, -0.2) is 9.59 Å². The number of carbonyl (C=O) groups excluding carboxylic acids is 3. The van der Waals surface area contributed by atoms with Crippen molar-refractivity contribution < 1.29 is 28.6 Å². The van der Waals surface area contributed by atoms with Crippen LogP contribution in [0.5, 0.6) is 5.75 Å². The number of rotatable bonds is 2. The van der Waals surface area contributed by atoms with Crippen molar-refractivity contribution in [2.45, 2.75) is 32.4 Å². The Morgan fingerprint density at radius 1 is 1.30 bits per heavy atom. The predicted molar refractivity (Wildman–Crippen MR) is 98.9 cm³/mol. The summed E-state index contributed by atoms with van der Waals surface area (Å²) in [5, 5.41) is 4.97. The first-order valence-electron chi connectivity index (χ1n) is 8.20. The minimum absolute atomic E-state index is 0.114. The largest absolute Gasteiger partial charge is 0.489 e. The second-order valence-electron chi connectivity index (χ2n) is 6.93. The maximum Gasteiger partial charge on any atom is 0.411 e. The monoisotopic (exact) mass is 380 g/mol. The number of nitrogens with two attached hydrogens (primary N) is 1. The van der Waals surface area contributed by atoms with E-state index in [1.807, 2.05) is 0 Å². The number of ether oxygens (including phenoxy) is 3.